The van der Waals surface area contributed by atoms with Gasteiger partial charge in [0.1, 0.15) is 5.82 Å². The summed E-state index contributed by atoms with van der Waals surface area (Å²) in [5, 5.41) is 12.8. The predicted octanol–water partition coefficient (Wildman–Crippen LogP) is 4.45. The van der Waals surface area contributed by atoms with Gasteiger partial charge in [-0.3, -0.25) is 9.89 Å². The average molecular weight is 438 g/mol. The Bertz CT molecular complexity index is 1060. The summed E-state index contributed by atoms with van der Waals surface area (Å²) in [6, 6.07) is 14.7. The number of carbonyl (C=O) groups excluding carboxylic acids is 2. The fourth-order valence-electron chi connectivity index (χ4n) is 3.27. The number of halogens is 1. The van der Waals surface area contributed by atoms with E-state index in [1.165, 1.54) is 12.1 Å². The molecule has 0 atom stereocenters. The lowest BCUT2D eigenvalue weighted by Crippen LogP contribution is -2.35. The van der Waals surface area contributed by atoms with Gasteiger partial charge in [-0.1, -0.05) is 12.1 Å². The molecule has 2 aromatic carbocycles. The molecule has 0 radical (unpaired) electrons. The summed E-state index contributed by atoms with van der Waals surface area (Å²) in [5.74, 6) is -0.448. The van der Waals surface area contributed by atoms with Crippen LogP contribution in [0.3, 0.4) is 0 Å². The lowest BCUT2D eigenvalue weighted by atomic mass is 10.1. The number of hydrogen-bond donors (Lipinski definition) is 3. The van der Waals surface area contributed by atoms with Gasteiger partial charge in [0.05, 0.1) is 16.9 Å². The average Bonchev–Trinajstić information content (AvgIpc) is 3.22. The number of nitrogens with zero attached hydrogens (tertiary/aromatic N) is 2. The normalized spacial score (nSPS) is 10.8. The summed E-state index contributed by atoms with van der Waals surface area (Å²) in [7, 11) is 1.74. The first kappa shape index (κ1) is 23.0. The van der Waals surface area contributed by atoms with Gasteiger partial charge >= 0.3 is 6.03 Å². The number of amides is 3. The molecule has 0 aliphatic carbocycles. The Kier molecular flexibility index (Phi) is 7.59. The predicted molar refractivity (Wildman–Crippen MR) is 123 cm³/mol. The monoisotopic (exact) mass is 437 g/mol. The van der Waals surface area contributed by atoms with Crippen LogP contribution in [0.1, 0.15) is 36.3 Å². The second-order valence-corrected chi connectivity index (χ2v) is 7.91. The first-order valence-electron chi connectivity index (χ1n) is 10.6. The molecule has 0 aliphatic rings. The molecule has 3 aromatic rings. The first-order chi connectivity index (χ1) is 15.3. The van der Waals surface area contributed by atoms with Gasteiger partial charge in [0, 0.05) is 30.9 Å². The Balaban J connectivity index is 1.55. The van der Waals surface area contributed by atoms with E-state index in [2.05, 4.69) is 20.8 Å². The molecule has 0 bridgehead atoms. The SMILES string of the molecule is CC(C)NC(=O)Nc1ccccc1C(=O)N(C)CCCc1cc(-c2ccc(F)cc2)n[nH]1. The third kappa shape index (κ3) is 6.16. The maximum atomic E-state index is 13.1. The molecule has 0 unspecified atom stereocenters. The van der Waals surface area contributed by atoms with Crippen molar-refractivity contribution in [3.8, 4) is 11.3 Å². The number of hydrogen-bond acceptors (Lipinski definition) is 3. The molecular weight excluding hydrogens is 409 g/mol. The number of aromatic amines is 1. The zero-order valence-electron chi connectivity index (χ0n) is 18.5. The van der Waals surface area contributed by atoms with Crippen LogP contribution in [0.25, 0.3) is 11.3 Å². The van der Waals surface area contributed by atoms with Crippen LogP contribution in [0.2, 0.25) is 0 Å². The highest BCUT2D eigenvalue weighted by molar-refractivity contribution is 6.03. The maximum absolute atomic E-state index is 13.1. The summed E-state index contributed by atoms with van der Waals surface area (Å²) >= 11 is 0. The van der Waals surface area contributed by atoms with E-state index in [0.717, 1.165) is 23.4 Å². The molecule has 168 valence electrons. The molecule has 0 spiro atoms. The molecule has 0 fully saturated rings. The Morgan fingerprint density at radius 3 is 2.56 bits per heavy atom. The number of aromatic nitrogens is 2. The summed E-state index contributed by atoms with van der Waals surface area (Å²) in [6.07, 6.45) is 1.44. The third-order valence-corrected chi connectivity index (χ3v) is 4.88. The molecule has 0 aliphatic heterocycles. The van der Waals surface area contributed by atoms with E-state index < -0.39 is 0 Å². The molecule has 0 saturated carbocycles. The summed E-state index contributed by atoms with van der Waals surface area (Å²) in [4.78, 5) is 26.6. The van der Waals surface area contributed by atoms with Crippen molar-refractivity contribution >= 4 is 17.6 Å². The van der Waals surface area contributed by atoms with Crippen molar-refractivity contribution in [1.29, 1.82) is 0 Å². The van der Waals surface area contributed by atoms with Crippen LogP contribution in [0.15, 0.2) is 54.6 Å². The second kappa shape index (κ2) is 10.6. The Labute approximate surface area is 187 Å². The van der Waals surface area contributed by atoms with E-state index in [0.29, 0.717) is 24.2 Å². The van der Waals surface area contributed by atoms with Crippen molar-refractivity contribution in [2.45, 2.75) is 32.7 Å². The minimum atomic E-state index is -0.348. The smallest absolute Gasteiger partial charge is 0.319 e. The summed E-state index contributed by atoms with van der Waals surface area (Å²) in [5.41, 5.74) is 3.45. The first-order valence-corrected chi connectivity index (χ1v) is 10.6. The largest absolute Gasteiger partial charge is 0.342 e. The van der Waals surface area contributed by atoms with Gasteiger partial charge < -0.3 is 15.5 Å². The van der Waals surface area contributed by atoms with Crippen molar-refractivity contribution in [3.05, 3.63) is 71.7 Å². The van der Waals surface area contributed by atoms with Gasteiger partial charge in [-0.15, -0.1) is 0 Å². The standard InChI is InChI=1S/C24H28FN5O2/c1-16(2)26-24(32)27-21-9-5-4-8-20(21)23(31)30(3)14-6-7-19-15-22(29-28-19)17-10-12-18(25)13-11-17/h4-5,8-13,15-16H,6-7,14H2,1-3H3,(H,28,29)(H2,26,27,32). The Hall–Kier alpha value is -3.68. The fraction of sp³-hybridized carbons (Fsp3) is 0.292. The van der Waals surface area contributed by atoms with Gasteiger partial charge in [-0.25, -0.2) is 9.18 Å². The van der Waals surface area contributed by atoms with E-state index in [4.69, 9.17) is 0 Å². The zero-order chi connectivity index (χ0) is 23.1. The molecule has 3 N–H and O–H groups in total. The number of anilines is 1. The van der Waals surface area contributed by atoms with E-state index >= 15 is 0 Å². The molecule has 3 amide bonds. The highest BCUT2D eigenvalue weighted by Crippen LogP contribution is 2.19. The number of benzene rings is 2. The van der Waals surface area contributed by atoms with Crippen molar-refractivity contribution in [3.63, 3.8) is 0 Å². The fourth-order valence-corrected chi connectivity index (χ4v) is 3.27. The molecule has 1 aromatic heterocycles. The van der Waals surface area contributed by atoms with E-state index in [1.54, 1.807) is 48.3 Å². The second-order valence-electron chi connectivity index (χ2n) is 7.91. The number of urea groups is 1. The van der Waals surface area contributed by atoms with Crippen molar-refractivity contribution in [2.75, 3.05) is 18.9 Å². The van der Waals surface area contributed by atoms with Crippen LogP contribution in [0.5, 0.6) is 0 Å². The van der Waals surface area contributed by atoms with Gasteiger partial charge in [0.25, 0.3) is 5.91 Å². The lowest BCUT2D eigenvalue weighted by Gasteiger charge is -2.19. The van der Waals surface area contributed by atoms with Crippen LogP contribution in [-0.2, 0) is 6.42 Å². The van der Waals surface area contributed by atoms with Gasteiger partial charge in [0.15, 0.2) is 0 Å². The van der Waals surface area contributed by atoms with Crippen LogP contribution in [0.4, 0.5) is 14.9 Å². The Morgan fingerprint density at radius 2 is 1.84 bits per heavy atom. The highest BCUT2D eigenvalue weighted by atomic mass is 19.1. The van der Waals surface area contributed by atoms with E-state index in [9.17, 15) is 14.0 Å². The van der Waals surface area contributed by atoms with Crippen molar-refractivity contribution < 1.29 is 14.0 Å². The quantitative estimate of drug-likeness (QED) is 0.486. The molecule has 1 heterocycles. The lowest BCUT2D eigenvalue weighted by molar-refractivity contribution is 0.0794. The number of para-hydroxylation sites is 1. The summed E-state index contributed by atoms with van der Waals surface area (Å²) in [6.45, 7) is 4.27. The zero-order valence-corrected chi connectivity index (χ0v) is 18.5. The highest BCUT2D eigenvalue weighted by Gasteiger charge is 2.17. The van der Waals surface area contributed by atoms with Crippen LogP contribution >= 0.6 is 0 Å². The molecule has 3 rings (SSSR count). The number of carbonyl (C=O) groups is 2. The molecule has 7 nitrogen and oxygen atoms in total. The van der Waals surface area contributed by atoms with Gasteiger partial charge in [-0.2, -0.15) is 5.10 Å². The molecular formula is C24H28FN5O2. The minimum absolute atomic E-state index is 0.00779. The van der Waals surface area contributed by atoms with Gasteiger partial charge in [-0.05, 0) is 69.2 Å². The maximum Gasteiger partial charge on any atom is 0.319 e. The third-order valence-electron chi connectivity index (χ3n) is 4.88. The molecule has 0 saturated heterocycles. The van der Waals surface area contributed by atoms with Crippen molar-refractivity contribution in [1.82, 2.24) is 20.4 Å². The number of aryl methyl sites for hydroxylation is 1. The van der Waals surface area contributed by atoms with Crippen LogP contribution in [0, 0.1) is 5.82 Å². The van der Waals surface area contributed by atoms with E-state index in [-0.39, 0.29) is 23.8 Å². The van der Waals surface area contributed by atoms with E-state index in [1.807, 2.05) is 19.9 Å². The Morgan fingerprint density at radius 1 is 1.12 bits per heavy atom. The number of H-pyrrole nitrogens is 1. The van der Waals surface area contributed by atoms with Crippen LogP contribution < -0.4 is 10.6 Å². The summed E-state index contributed by atoms with van der Waals surface area (Å²) < 4.78 is 13.1. The van der Waals surface area contributed by atoms with Gasteiger partial charge in [0.2, 0.25) is 0 Å². The van der Waals surface area contributed by atoms with Crippen LogP contribution in [-0.4, -0.2) is 46.7 Å². The minimum Gasteiger partial charge on any atom is -0.342 e. The number of rotatable bonds is 8. The molecule has 8 heteroatoms. The molecule has 32 heavy (non-hydrogen) atoms. The van der Waals surface area contributed by atoms with Crippen molar-refractivity contribution in [2.24, 2.45) is 0 Å². The topological polar surface area (TPSA) is 90.1 Å². The number of nitrogens with one attached hydrogen (secondary N) is 3.